The summed E-state index contributed by atoms with van der Waals surface area (Å²) in [5.41, 5.74) is 1.27. The molecular formula is C44H42F6N12O4. The second kappa shape index (κ2) is 19.8. The van der Waals surface area contributed by atoms with Crippen molar-refractivity contribution in [3.05, 3.63) is 125 Å². The van der Waals surface area contributed by atoms with Crippen LogP contribution in [0.5, 0.6) is 11.8 Å². The predicted octanol–water partition coefficient (Wildman–Crippen LogP) is 9.37. The summed E-state index contributed by atoms with van der Waals surface area (Å²) >= 11 is 0. The fourth-order valence-corrected chi connectivity index (χ4v) is 6.22. The second-order valence-electron chi connectivity index (χ2n) is 14.6. The van der Waals surface area contributed by atoms with E-state index in [-0.39, 0.29) is 64.7 Å². The lowest BCUT2D eigenvalue weighted by molar-refractivity contribution is -0.138. The molecule has 22 heteroatoms. The zero-order chi connectivity index (χ0) is 47.9. The van der Waals surface area contributed by atoms with E-state index in [0.717, 1.165) is 11.6 Å². The van der Waals surface area contributed by atoms with E-state index >= 15 is 0 Å². The van der Waals surface area contributed by atoms with Gasteiger partial charge in [-0.1, -0.05) is 18.7 Å². The van der Waals surface area contributed by atoms with Gasteiger partial charge in [-0.3, -0.25) is 9.59 Å². The van der Waals surface area contributed by atoms with Gasteiger partial charge in [0.05, 0.1) is 48.0 Å². The van der Waals surface area contributed by atoms with E-state index in [9.17, 15) is 35.9 Å². The van der Waals surface area contributed by atoms with Gasteiger partial charge in [0.15, 0.2) is 5.88 Å². The minimum atomic E-state index is -4.86. The Hall–Kier alpha value is -8.04. The second-order valence-corrected chi connectivity index (χ2v) is 14.6. The van der Waals surface area contributed by atoms with E-state index in [0.29, 0.717) is 34.8 Å². The Balaban J connectivity index is 1.22. The molecule has 4 heterocycles. The number of hydrogen-bond donors (Lipinski definition) is 5. The molecule has 0 aliphatic rings. The van der Waals surface area contributed by atoms with Crippen LogP contribution in [0.2, 0.25) is 0 Å². The highest BCUT2D eigenvalue weighted by Crippen LogP contribution is 2.39. The molecule has 0 saturated heterocycles. The summed E-state index contributed by atoms with van der Waals surface area (Å²) in [6, 6.07) is 12.5. The fraction of sp³-hybridized carbons (Fsp3) is 0.227. The molecule has 0 atom stereocenters. The topological polar surface area (TPSA) is 194 Å². The number of aryl methyl sites for hydroxylation is 5. The standard InChI is InChI=1S/C44H42F6N12O4/c1-8-35(63)54-33-15-23(2)9-11-29(33)56-39-28(44(48,49)50)21-53-42(61-39)59-32-18-38(66-7)62(22-26(32)5)14-13-36(64)55-34-16-24(3)10-12-30(34)57-40-27(43(45,46)47)20-52-41(60-40)58-31-17-37(65-6)51-19-25(31)4/h8-12,15-22H,1,13-14H2,2-7H3,(H,54,63)(H,55,64)(H,53,56,61)(H2,51,52,57,58,60)/b59-32+. The third-order valence-corrected chi connectivity index (χ3v) is 9.59. The maximum Gasteiger partial charge on any atom is 0.421 e. The average molecular weight is 917 g/mol. The molecule has 6 aromatic rings. The van der Waals surface area contributed by atoms with E-state index in [4.69, 9.17) is 9.47 Å². The Kier molecular flexibility index (Phi) is 14.2. The number of alkyl halides is 6. The number of nitrogens with one attached hydrogen (secondary N) is 5. The number of ether oxygens (including phenoxy) is 2. The van der Waals surface area contributed by atoms with Gasteiger partial charge in [-0.15, -0.1) is 0 Å². The van der Waals surface area contributed by atoms with Crippen LogP contribution < -0.4 is 41.4 Å². The molecule has 0 fully saturated rings. The summed E-state index contributed by atoms with van der Waals surface area (Å²) in [5, 5.41) is 13.8. The summed E-state index contributed by atoms with van der Waals surface area (Å²) in [6.45, 7) is 10.3. The van der Waals surface area contributed by atoms with Gasteiger partial charge >= 0.3 is 12.4 Å². The van der Waals surface area contributed by atoms with E-state index < -0.39 is 46.9 Å². The Morgan fingerprint density at radius 1 is 0.712 bits per heavy atom. The number of aromatic nitrogens is 6. The van der Waals surface area contributed by atoms with E-state index in [2.05, 4.69) is 63.1 Å². The van der Waals surface area contributed by atoms with Gasteiger partial charge in [0.25, 0.3) is 5.95 Å². The van der Waals surface area contributed by atoms with Crippen molar-refractivity contribution in [2.45, 2.75) is 53.0 Å². The summed E-state index contributed by atoms with van der Waals surface area (Å²) < 4.78 is 97.4. The normalized spacial score (nSPS) is 11.7. The minimum Gasteiger partial charge on any atom is -0.482 e. The lowest BCUT2D eigenvalue weighted by Crippen LogP contribution is -2.19. The first-order valence-electron chi connectivity index (χ1n) is 19.7. The Labute approximate surface area is 373 Å². The molecule has 4 aromatic heterocycles. The molecule has 2 aromatic carbocycles. The van der Waals surface area contributed by atoms with E-state index in [1.165, 1.54) is 38.6 Å². The highest BCUT2D eigenvalue weighted by Gasteiger charge is 2.37. The van der Waals surface area contributed by atoms with Gasteiger partial charge in [-0.05, 0) is 80.3 Å². The molecule has 0 spiro atoms. The number of amides is 2. The maximum absolute atomic E-state index is 14.2. The number of carbonyl (C=O) groups is 2. The van der Waals surface area contributed by atoms with Crippen LogP contribution in [0.15, 0.2) is 91.0 Å². The molecule has 0 aliphatic carbocycles. The van der Waals surface area contributed by atoms with Crippen molar-refractivity contribution < 1.29 is 45.4 Å². The number of rotatable bonds is 15. The van der Waals surface area contributed by atoms with Crippen LogP contribution in [0.4, 0.5) is 78.3 Å². The molecule has 16 nitrogen and oxygen atoms in total. The summed E-state index contributed by atoms with van der Waals surface area (Å²) in [5.74, 6) is -2.31. The smallest absolute Gasteiger partial charge is 0.421 e. The summed E-state index contributed by atoms with van der Waals surface area (Å²) in [4.78, 5) is 50.0. The number of hydrogen-bond acceptors (Lipinski definition) is 13. The lowest BCUT2D eigenvalue weighted by Gasteiger charge is -2.18. The summed E-state index contributed by atoms with van der Waals surface area (Å²) in [7, 11) is 2.79. The van der Waals surface area contributed by atoms with Crippen molar-refractivity contribution in [1.82, 2.24) is 29.5 Å². The third-order valence-electron chi connectivity index (χ3n) is 9.59. The fourth-order valence-electron chi connectivity index (χ4n) is 6.22. The van der Waals surface area contributed by atoms with Crippen molar-refractivity contribution in [3.8, 4) is 11.8 Å². The van der Waals surface area contributed by atoms with Crippen LogP contribution in [-0.4, -0.2) is 55.5 Å². The van der Waals surface area contributed by atoms with Crippen molar-refractivity contribution >= 4 is 63.8 Å². The van der Waals surface area contributed by atoms with Gasteiger partial charge in [-0.2, -0.15) is 36.3 Å². The number of carbonyl (C=O) groups excluding carboxylic acids is 2. The van der Waals surface area contributed by atoms with Crippen LogP contribution in [0.1, 0.15) is 39.8 Å². The molecule has 6 rings (SSSR count). The Bertz CT molecular complexity index is 2880. The van der Waals surface area contributed by atoms with Crippen molar-refractivity contribution in [3.63, 3.8) is 0 Å². The lowest BCUT2D eigenvalue weighted by atomic mass is 10.1. The Morgan fingerprint density at radius 2 is 1.32 bits per heavy atom. The number of methoxy groups -OCH3 is 2. The number of anilines is 8. The largest absolute Gasteiger partial charge is 0.482 e. The van der Waals surface area contributed by atoms with Crippen LogP contribution in [0.25, 0.3) is 0 Å². The number of pyridine rings is 2. The summed E-state index contributed by atoms with van der Waals surface area (Å²) in [6.07, 6.45) is -4.46. The molecule has 0 radical (unpaired) electrons. The van der Waals surface area contributed by atoms with Gasteiger partial charge in [0.2, 0.25) is 23.6 Å². The molecule has 0 aliphatic heterocycles. The van der Waals surface area contributed by atoms with Crippen molar-refractivity contribution in [1.29, 1.82) is 0 Å². The quantitative estimate of drug-likeness (QED) is 0.0485. The van der Waals surface area contributed by atoms with Crippen molar-refractivity contribution in [2.75, 3.05) is 40.8 Å². The number of halogens is 6. The van der Waals surface area contributed by atoms with Gasteiger partial charge in [0, 0.05) is 49.9 Å². The predicted molar refractivity (Wildman–Crippen MR) is 235 cm³/mol. The third kappa shape index (κ3) is 11.7. The molecule has 5 N–H and O–H groups in total. The highest BCUT2D eigenvalue weighted by molar-refractivity contribution is 6.01. The maximum atomic E-state index is 14.2. The van der Waals surface area contributed by atoms with E-state index in [1.807, 2.05) is 0 Å². The molecular weight excluding hydrogens is 875 g/mol. The zero-order valence-electron chi connectivity index (χ0n) is 36.2. The monoisotopic (exact) mass is 916 g/mol. The van der Waals surface area contributed by atoms with Gasteiger partial charge in [-0.25, -0.2) is 19.9 Å². The first kappa shape index (κ1) is 47.4. The zero-order valence-corrected chi connectivity index (χ0v) is 36.2. The van der Waals surface area contributed by atoms with Gasteiger partial charge in [0.1, 0.15) is 22.8 Å². The molecule has 344 valence electrons. The Morgan fingerprint density at radius 3 is 1.91 bits per heavy atom. The SMILES string of the molecule is C=CC(=O)Nc1cc(C)ccc1Nc1nc(/N=c2\cc(OC)n(CCC(=O)Nc3cc(C)ccc3Nc3nc(Nc4cc(OC)ncc4C)ncc3C(F)(F)F)cc2C)ncc1C(F)(F)F. The highest BCUT2D eigenvalue weighted by atomic mass is 19.4. The molecule has 0 saturated carbocycles. The molecule has 2 amide bonds. The van der Waals surface area contributed by atoms with Gasteiger partial charge < -0.3 is 40.6 Å². The molecule has 66 heavy (non-hydrogen) atoms. The van der Waals surface area contributed by atoms with Crippen molar-refractivity contribution in [2.24, 2.45) is 4.99 Å². The van der Waals surface area contributed by atoms with Crippen LogP contribution in [0.3, 0.4) is 0 Å². The molecule has 0 bridgehead atoms. The van der Waals surface area contributed by atoms with E-state index in [1.54, 1.807) is 68.8 Å². The van der Waals surface area contributed by atoms with Crippen LogP contribution >= 0.6 is 0 Å². The minimum absolute atomic E-state index is 0.0508. The average Bonchev–Trinajstić information content (AvgIpc) is 3.25. The number of benzene rings is 2. The number of nitrogens with zero attached hydrogens (tertiary/aromatic N) is 7. The first-order chi connectivity index (χ1) is 31.2. The van der Waals surface area contributed by atoms with Crippen LogP contribution in [-0.2, 0) is 28.5 Å². The molecule has 0 unspecified atom stereocenters. The first-order valence-corrected chi connectivity index (χ1v) is 19.7. The van der Waals surface area contributed by atoms with Crippen LogP contribution in [0, 0.1) is 27.7 Å².